The third kappa shape index (κ3) is 9.63. The molecule has 0 aliphatic carbocycles. The monoisotopic (exact) mass is 565 g/mol. The zero-order valence-electron chi connectivity index (χ0n) is 21.6. The van der Waals surface area contributed by atoms with E-state index in [9.17, 15) is 4.79 Å². The van der Waals surface area contributed by atoms with Gasteiger partial charge in [0.25, 0.3) is 5.56 Å². The van der Waals surface area contributed by atoms with Crippen LogP contribution < -0.4 is 15.6 Å². The Morgan fingerprint density at radius 2 is 1.38 bits per heavy atom. The van der Waals surface area contributed by atoms with Crippen molar-refractivity contribution in [3.05, 3.63) is 67.9 Å². The lowest BCUT2D eigenvalue weighted by Gasteiger charge is -2.13. The first-order chi connectivity index (χ1) is 18.0. The highest BCUT2D eigenvalue weighted by molar-refractivity contribution is 6.40. The average Bonchev–Trinajstić information content (AvgIpc) is 3.21. The Morgan fingerprint density at radius 3 is 2.00 bits per heavy atom. The number of unbranched alkanes of at least 4 members (excludes halogenated alkanes) is 11. The van der Waals surface area contributed by atoms with Crippen LogP contribution in [0.15, 0.2) is 47.3 Å². The highest BCUT2D eigenvalue weighted by atomic mass is 35.5. The lowest BCUT2D eigenvalue weighted by molar-refractivity contribution is 0.305. The van der Waals surface area contributed by atoms with Gasteiger partial charge in [-0.05, 0) is 30.7 Å². The molecule has 0 aliphatic heterocycles. The minimum Gasteiger partial charge on any atom is -0.491 e. The van der Waals surface area contributed by atoms with Crippen LogP contribution in [0.1, 0.15) is 84.0 Å². The van der Waals surface area contributed by atoms with Crippen molar-refractivity contribution in [3.63, 3.8) is 0 Å². The van der Waals surface area contributed by atoms with Gasteiger partial charge in [0.2, 0.25) is 0 Å². The van der Waals surface area contributed by atoms with E-state index in [2.05, 4.69) is 17.3 Å². The fourth-order valence-corrected chi connectivity index (χ4v) is 5.33. The molecule has 0 bridgehead atoms. The Kier molecular flexibility index (Phi) is 12.8. The van der Waals surface area contributed by atoms with E-state index in [4.69, 9.17) is 39.5 Å². The van der Waals surface area contributed by atoms with Crippen LogP contribution in [0.5, 0.6) is 5.75 Å². The van der Waals surface area contributed by atoms with Crippen molar-refractivity contribution in [2.24, 2.45) is 0 Å². The van der Waals surface area contributed by atoms with Crippen LogP contribution in [0, 0.1) is 0 Å². The van der Waals surface area contributed by atoms with Crippen LogP contribution in [0.3, 0.4) is 0 Å². The van der Waals surface area contributed by atoms with E-state index in [1.54, 1.807) is 12.1 Å². The summed E-state index contributed by atoms with van der Waals surface area (Å²) in [6, 6.07) is 12.2. The van der Waals surface area contributed by atoms with E-state index in [1.807, 2.05) is 24.3 Å². The number of aromatic amines is 1. The second-order valence-electron chi connectivity index (χ2n) is 9.42. The van der Waals surface area contributed by atoms with Crippen molar-refractivity contribution < 1.29 is 4.74 Å². The fourth-order valence-electron chi connectivity index (χ4n) is 4.34. The first-order valence-electron chi connectivity index (χ1n) is 13.5. The van der Waals surface area contributed by atoms with Gasteiger partial charge in [-0.1, -0.05) is 124 Å². The van der Waals surface area contributed by atoms with Crippen molar-refractivity contribution in [2.45, 2.75) is 84.0 Å². The number of H-pyrrole nitrogens is 1. The molecule has 1 aromatic heterocycles. The summed E-state index contributed by atoms with van der Waals surface area (Å²) in [6.07, 6.45) is 15.7. The molecule has 0 radical (unpaired) electrons. The number of aromatic nitrogens is 2. The van der Waals surface area contributed by atoms with E-state index in [0.29, 0.717) is 23.1 Å². The molecule has 0 atom stereocenters. The van der Waals surface area contributed by atoms with Crippen LogP contribution in [0.2, 0.25) is 15.1 Å². The first-order valence-corrected chi connectivity index (χ1v) is 14.6. The third-order valence-corrected chi connectivity index (χ3v) is 7.13. The van der Waals surface area contributed by atoms with Crippen molar-refractivity contribution in [3.8, 4) is 11.4 Å². The van der Waals surface area contributed by atoms with Crippen LogP contribution in [-0.4, -0.2) is 16.4 Å². The number of halogens is 3. The normalized spacial score (nSPS) is 11.1. The molecule has 0 amide bonds. The average molecular weight is 567 g/mol. The Labute approximate surface area is 235 Å². The number of hydrogen-bond donors (Lipinski definition) is 2. The Balaban J connectivity index is 1.43. The summed E-state index contributed by atoms with van der Waals surface area (Å²) in [5.74, 6) is 1.23. The largest absolute Gasteiger partial charge is 0.491 e. The Morgan fingerprint density at radius 1 is 0.811 bits per heavy atom. The number of anilines is 2. The molecular formula is C29H38Cl3N3O2. The van der Waals surface area contributed by atoms with Gasteiger partial charge in [0, 0.05) is 11.1 Å². The predicted molar refractivity (Wildman–Crippen MR) is 158 cm³/mol. The molecular weight excluding hydrogens is 529 g/mol. The molecule has 0 saturated carbocycles. The summed E-state index contributed by atoms with van der Waals surface area (Å²) in [5.41, 5.74) is 0.814. The molecule has 5 nitrogen and oxygen atoms in total. The first kappa shape index (κ1) is 29.5. The molecule has 0 unspecified atom stereocenters. The number of nitrogens with zero attached hydrogens (tertiary/aromatic N) is 1. The fraction of sp³-hybridized carbons (Fsp3) is 0.483. The summed E-state index contributed by atoms with van der Waals surface area (Å²) in [6.45, 7) is 2.92. The lowest BCUT2D eigenvalue weighted by atomic mass is 10.1. The minimum atomic E-state index is -0.302. The molecule has 202 valence electrons. The summed E-state index contributed by atoms with van der Waals surface area (Å²) in [7, 11) is 0. The van der Waals surface area contributed by atoms with Gasteiger partial charge >= 0.3 is 0 Å². The van der Waals surface area contributed by atoms with Gasteiger partial charge in [-0.15, -0.1) is 0 Å². The lowest BCUT2D eigenvalue weighted by Crippen LogP contribution is -2.14. The van der Waals surface area contributed by atoms with Gasteiger partial charge in [-0.2, -0.15) is 0 Å². The number of para-hydroxylation sites is 2. The molecule has 0 fully saturated rings. The maximum Gasteiger partial charge on any atom is 0.273 e. The van der Waals surface area contributed by atoms with Crippen LogP contribution in [0.25, 0.3) is 5.69 Å². The van der Waals surface area contributed by atoms with Crippen molar-refractivity contribution in [2.75, 3.05) is 11.9 Å². The topological polar surface area (TPSA) is 59.0 Å². The number of rotatable bonds is 17. The van der Waals surface area contributed by atoms with E-state index < -0.39 is 0 Å². The second kappa shape index (κ2) is 16.0. The molecule has 0 saturated heterocycles. The zero-order valence-corrected chi connectivity index (χ0v) is 23.9. The molecule has 1 heterocycles. The molecule has 0 aliphatic rings. The van der Waals surface area contributed by atoms with E-state index in [1.165, 1.54) is 81.4 Å². The maximum atomic E-state index is 12.6. The summed E-state index contributed by atoms with van der Waals surface area (Å²) in [5, 5.41) is 7.21. The molecule has 8 heteroatoms. The molecule has 2 N–H and O–H groups in total. The van der Waals surface area contributed by atoms with Crippen molar-refractivity contribution in [1.29, 1.82) is 0 Å². The summed E-state index contributed by atoms with van der Waals surface area (Å²) < 4.78 is 7.35. The maximum absolute atomic E-state index is 12.6. The highest BCUT2D eigenvalue weighted by Crippen LogP contribution is 2.32. The van der Waals surface area contributed by atoms with Gasteiger partial charge in [0.05, 0.1) is 22.3 Å². The summed E-state index contributed by atoms with van der Waals surface area (Å²) >= 11 is 18.6. The SMILES string of the molecule is CCCCCCCCCCCCCCOc1ccccc1Nc1cc(=O)n(-c2c(Cl)cc(Cl)cc2Cl)[nH]1. The van der Waals surface area contributed by atoms with Crippen LogP contribution in [0.4, 0.5) is 11.5 Å². The summed E-state index contributed by atoms with van der Waals surface area (Å²) in [4.78, 5) is 12.6. The van der Waals surface area contributed by atoms with Crippen LogP contribution >= 0.6 is 34.8 Å². The second-order valence-corrected chi connectivity index (χ2v) is 10.7. The van der Waals surface area contributed by atoms with Gasteiger partial charge in [0.15, 0.2) is 0 Å². The van der Waals surface area contributed by atoms with Gasteiger partial charge in [0.1, 0.15) is 17.3 Å². The van der Waals surface area contributed by atoms with Crippen LogP contribution in [-0.2, 0) is 0 Å². The van der Waals surface area contributed by atoms with E-state index in [0.717, 1.165) is 17.9 Å². The van der Waals surface area contributed by atoms with Gasteiger partial charge in [-0.3, -0.25) is 9.89 Å². The molecule has 3 aromatic rings. The van der Waals surface area contributed by atoms with Gasteiger partial charge in [-0.25, -0.2) is 4.68 Å². The van der Waals surface area contributed by atoms with E-state index >= 15 is 0 Å². The molecule has 0 spiro atoms. The highest BCUT2D eigenvalue weighted by Gasteiger charge is 2.15. The smallest absolute Gasteiger partial charge is 0.273 e. The molecule has 37 heavy (non-hydrogen) atoms. The van der Waals surface area contributed by atoms with Gasteiger partial charge < -0.3 is 10.1 Å². The third-order valence-electron chi connectivity index (χ3n) is 6.34. The quantitative estimate of drug-likeness (QED) is 0.160. The minimum absolute atomic E-state index is 0.277. The number of hydrogen-bond acceptors (Lipinski definition) is 3. The van der Waals surface area contributed by atoms with Crippen molar-refractivity contribution in [1.82, 2.24) is 9.78 Å². The molecule has 2 aromatic carbocycles. The molecule has 3 rings (SSSR count). The predicted octanol–water partition coefficient (Wildman–Crippen LogP) is 9.95. The number of benzene rings is 2. The number of ether oxygens (including phenoxy) is 1. The van der Waals surface area contributed by atoms with E-state index in [-0.39, 0.29) is 15.6 Å². The Hall–Kier alpha value is -2.08. The van der Waals surface area contributed by atoms with Crippen molar-refractivity contribution >= 4 is 46.3 Å². The Bertz CT molecular complexity index is 1140. The number of nitrogens with one attached hydrogen (secondary N) is 2. The zero-order chi connectivity index (χ0) is 26.5. The standard InChI is InChI=1S/C29H38Cl3N3O2/c1-2-3-4-5-6-7-8-9-10-11-12-15-18-37-26-17-14-13-16-25(26)33-27-21-28(36)35(34-27)29-23(31)19-22(30)20-24(29)32/h13-14,16-17,19-21,33-34H,2-12,15,18H2,1H3.